The summed E-state index contributed by atoms with van der Waals surface area (Å²) in [5.74, 6) is 0. The van der Waals surface area contributed by atoms with E-state index in [0.717, 1.165) is 12.8 Å². The third kappa shape index (κ3) is 3.18. The summed E-state index contributed by atoms with van der Waals surface area (Å²) in [5.41, 5.74) is 9.80. The van der Waals surface area contributed by atoms with Gasteiger partial charge in [-0.05, 0) is 29.5 Å². The lowest BCUT2D eigenvalue weighted by Crippen LogP contribution is -2.21. The van der Waals surface area contributed by atoms with E-state index in [4.69, 9.17) is 5.73 Å². The van der Waals surface area contributed by atoms with E-state index in [2.05, 4.69) is 55.5 Å². The van der Waals surface area contributed by atoms with Crippen molar-refractivity contribution in [2.75, 3.05) is 0 Å². The lowest BCUT2D eigenvalue weighted by atomic mass is 10.0. The van der Waals surface area contributed by atoms with Crippen LogP contribution in [0.25, 0.3) is 11.1 Å². The van der Waals surface area contributed by atoms with Crippen molar-refractivity contribution >= 4 is 0 Å². The van der Waals surface area contributed by atoms with E-state index in [1.54, 1.807) is 0 Å². The maximum atomic E-state index is 5.95. The van der Waals surface area contributed by atoms with Crippen LogP contribution in [0, 0.1) is 0 Å². The van der Waals surface area contributed by atoms with Gasteiger partial charge in [-0.25, -0.2) is 0 Å². The SMILES string of the molecule is CCC(N)Cc1ccc(-c2ccccc2)cc1. The Labute approximate surface area is 103 Å². The molecule has 2 aromatic rings. The minimum atomic E-state index is 0.276. The maximum absolute atomic E-state index is 5.95. The third-order valence-corrected chi connectivity index (χ3v) is 3.08. The van der Waals surface area contributed by atoms with E-state index in [9.17, 15) is 0 Å². The zero-order valence-corrected chi connectivity index (χ0v) is 10.3. The van der Waals surface area contributed by atoms with Gasteiger partial charge in [0.15, 0.2) is 0 Å². The summed E-state index contributed by atoms with van der Waals surface area (Å²) in [4.78, 5) is 0. The normalized spacial score (nSPS) is 12.4. The van der Waals surface area contributed by atoms with Crippen LogP contribution in [0.2, 0.25) is 0 Å². The average Bonchev–Trinajstić information content (AvgIpc) is 2.40. The molecule has 0 spiro atoms. The summed E-state index contributed by atoms with van der Waals surface area (Å²) in [7, 11) is 0. The highest BCUT2D eigenvalue weighted by Gasteiger charge is 2.02. The largest absolute Gasteiger partial charge is 0.327 e. The van der Waals surface area contributed by atoms with Crippen LogP contribution < -0.4 is 5.73 Å². The molecule has 0 saturated heterocycles. The van der Waals surface area contributed by atoms with Crippen molar-refractivity contribution in [2.45, 2.75) is 25.8 Å². The summed E-state index contributed by atoms with van der Waals surface area (Å²) in [5, 5.41) is 0. The summed E-state index contributed by atoms with van der Waals surface area (Å²) in [6.45, 7) is 2.13. The smallest absolute Gasteiger partial charge is 0.00766 e. The van der Waals surface area contributed by atoms with Crippen LogP contribution in [0.5, 0.6) is 0 Å². The van der Waals surface area contributed by atoms with Crippen molar-refractivity contribution in [3.05, 3.63) is 60.2 Å². The second kappa shape index (κ2) is 5.65. The first-order valence-electron chi connectivity index (χ1n) is 6.19. The van der Waals surface area contributed by atoms with E-state index >= 15 is 0 Å². The van der Waals surface area contributed by atoms with Gasteiger partial charge in [0.05, 0.1) is 0 Å². The van der Waals surface area contributed by atoms with Gasteiger partial charge in [0.1, 0.15) is 0 Å². The first-order valence-corrected chi connectivity index (χ1v) is 6.19. The van der Waals surface area contributed by atoms with E-state index in [0.29, 0.717) is 0 Å². The lowest BCUT2D eigenvalue weighted by Gasteiger charge is -2.09. The average molecular weight is 225 g/mol. The first-order chi connectivity index (χ1) is 8.29. The Morgan fingerprint density at radius 2 is 1.47 bits per heavy atom. The second-order valence-electron chi connectivity index (χ2n) is 4.44. The Hall–Kier alpha value is -1.60. The highest BCUT2D eigenvalue weighted by molar-refractivity contribution is 5.63. The molecule has 2 aromatic carbocycles. The van der Waals surface area contributed by atoms with E-state index in [1.807, 2.05) is 6.07 Å². The highest BCUT2D eigenvalue weighted by atomic mass is 14.6. The number of hydrogen-bond donors (Lipinski definition) is 1. The van der Waals surface area contributed by atoms with Crippen molar-refractivity contribution < 1.29 is 0 Å². The summed E-state index contributed by atoms with van der Waals surface area (Å²) in [6.07, 6.45) is 1.99. The quantitative estimate of drug-likeness (QED) is 0.844. The molecule has 1 atom stereocenters. The van der Waals surface area contributed by atoms with Crippen molar-refractivity contribution in [2.24, 2.45) is 5.73 Å². The molecule has 1 heteroatoms. The standard InChI is InChI=1S/C16H19N/c1-2-16(17)12-13-8-10-15(11-9-13)14-6-4-3-5-7-14/h3-11,16H,2,12,17H2,1H3. The zero-order chi connectivity index (χ0) is 12.1. The topological polar surface area (TPSA) is 26.0 Å². The summed E-state index contributed by atoms with van der Waals surface area (Å²) < 4.78 is 0. The molecule has 0 bridgehead atoms. The molecule has 2 rings (SSSR count). The molecule has 0 saturated carbocycles. The number of rotatable bonds is 4. The van der Waals surface area contributed by atoms with Crippen molar-refractivity contribution in [3.63, 3.8) is 0 Å². The van der Waals surface area contributed by atoms with E-state index < -0.39 is 0 Å². The first kappa shape index (κ1) is 11.9. The molecule has 0 amide bonds. The monoisotopic (exact) mass is 225 g/mol. The van der Waals surface area contributed by atoms with E-state index in [1.165, 1.54) is 16.7 Å². The highest BCUT2D eigenvalue weighted by Crippen LogP contribution is 2.19. The molecule has 0 aliphatic heterocycles. The zero-order valence-electron chi connectivity index (χ0n) is 10.3. The fourth-order valence-corrected chi connectivity index (χ4v) is 1.91. The Morgan fingerprint density at radius 1 is 0.882 bits per heavy atom. The Bertz CT molecular complexity index is 445. The second-order valence-corrected chi connectivity index (χ2v) is 4.44. The van der Waals surface area contributed by atoms with Gasteiger partial charge in [-0.3, -0.25) is 0 Å². The molecule has 0 aliphatic carbocycles. The molecule has 0 heterocycles. The maximum Gasteiger partial charge on any atom is 0.00766 e. The predicted molar refractivity (Wildman–Crippen MR) is 73.8 cm³/mol. The fourth-order valence-electron chi connectivity index (χ4n) is 1.91. The van der Waals surface area contributed by atoms with E-state index in [-0.39, 0.29) is 6.04 Å². The molecule has 2 N–H and O–H groups in total. The minimum Gasteiger partial charge on any atom is -0.327 e. The summed E-state index contributed by atoms with van der Waals surface area (Å²) in [6, 6.07) is 19.4. The van der Waals surface area contributed by atoms with Crippen LogP contribution >= 0.6 is 0 Å². The number of nitrogens with two attached hydrogens (primary N) is 1. The van der Waals surface area contributed by atoms with Gasteiger partial charge in [-0.2, -0.15) is 0 Å². The van der Waals surface area contributed by atoms with Gasteiger partial charge in [0, 0.05) is 6.04 Å². The van der Waals surface area contributed by atoms with Gasteiger partial charge >= 0.3 is 0 Å². The number of hydrogen-bond acceptors (Lipinski definition) is 1. The third-order valence-electron chi connectivity index (χ3n) is 3.08. The molecule has 0 aliphatic rings. The molecule has 17 heavy (non-hydrogen) atoms. The Kier molecular flexibility index (Phi) is 3.94. The minimum absolute atomic E-state index is 0.276. The lowest BCUT2D eigenvalue weighted by molar-refractivity contribution is 0.646. The van der Waals surface area contributed by atoms with Crippen LogP contribution in [-0.4, -0.2) is 6.04 Å². The predicted octanol–water partition coefficient (Wildman–Crippen LogP) is 3.63. The molecule has 88 valence electrons. The van der Waals surface area contributed by atoms with Gasteiger partial charge in [-0.1, -0.05) is 61.5 Å². The Balaban J connectivity index is 2.13. The Morgan fingerprint density at radius 3 is 2.06 bits per heavy atom. The van der Waals surface area contributed by atoms with Gasteiger partial charge in [-0.15, -0.1) is 0 Å². The molecule has 0 radical (unpaired) electrons. The molecular weight excluding hydrogens is 206 g/mol. The van der Waals surface area contributed by atoms with Gasteiger partial charge < -0.3 is 5.73 Å². The summed E-state index contributed by atoms with van der Waals surface area (Å²) >= 11 is 0. The fraction of sp³-hybridized carbons (Fsp3) is 0.250. The van der Waals surface area contributed by atoms with Crippen LogP contribution in [0.15, 0.2) is 54.6 Å². The van der Waals surface area contributed by atoms with Gasteiger partial charge in [0.25, 0.3) is 0 Å². The van der Waals surface area contributed by atoms with Crippen molar-refractivity contribution in [1.29, 1.82) is 0 Å². The number of benzene rings is 2. The van der Waals surface area contributed by atoms with Gasteiger partial charge in [0.2, 0.25) is 0 Å². The van der Waals surface area contributed by atoms with Crippen molar-refractivity contribution in [1.82, 2.24) is 0 Å². The van der Waals surface area contributed by atoms with Crippen LogP contribution in [0.1, 0.15) is 18.9 Å². The van der Waals surface area contributed by atoms with Crippen LogP contribution in [0.4, 0.5) is 0 Å². The molecular formula is C16H19N. The van der Waals surface area contributed by atoms with Crippen LogP contribution in [-0.2, 0) is 6.42 Å². The van der Waals surface area contributed by atoms with Crippen molar-refractivity contribution in [3.8, 4) is 11.1 Å². The molecule has 1 nitrogen and oxygen atoms in total. The molecule has 0 fully saturated rings. The molecule has 0 aromatic heterocycles. The van der Waals surface area contributed by atoms with Crippen LogP contribution in [0.3, 0.4) is 0 Å². The molecule has 1 unspecified atom stereocenters.